The first-order valence-corrected chi connectivity index (χ1v) is 7.51. The quantitative estimate of drug-likeness (QED) is 0.748. The molecule has 1 saturated carbocycles. The maximum atomic E-state index is 12.3. The molecule has 0 N–H and O–H groups in total. The van der Waals surface area contributed by atoms with E-state index in [0.717, 1.165) is 24.5 Å². The Morgan fingerprint density at radius 1 is 1.37 bits per heavy atom. The van der Waals surface area contributed by atoms with Crippen LogP contribution in [0.15, 0.2) is 18.2 Å². The van der Waals surface area contributed by atoms with Crippen molar-refractivity contribution in [2.75, 3.05) is 0 Å². The Hall–Kier alpha value is -1.02. The average molecular weight is 279 g/mol. The molecule has 2 nitrogen and oxygen atoms in total. The van der Waals surface area contributed by atoms with Gasteiger partial charge >= 0.3 is 0 Å². The van der Waals surface area contributed by atoms with Gasteiger partial charge in [-0.3, -0.25) is 4.79 Å². The minimum Gasteiger partial charge on any atom is -0.486 e. The average Bonchev–Trinajstić information content (AvgIpc) is 2.41. The highest BCUT2D eigenvalue weighted by Crippen LogP contribution is 2.44. The van der Waals surface area contributed by atoms with Crippen LogP contribution in [0.1, 0.15) is 55.8 Å². The van der Waals surface area contributed by atoms with E-state index in [1.54, 1.807) is 12.1 Å². The number of rotatable bonds is 1. The van der Waals surface area contributed by atoms with Crippen LogP contribution in [0.25, 0.3) is 0 Å². The van der Waals surface area contributed by atoms with E-state index in [2.05, 4.69) is 6.92 Å². The molecule has 0 atom stereocenters. The number of fused-ring (bicyclic) bond motifs is 1. The third-order valence-electron chi connectivity index (χ3n) is 4.64. The zero-order valence-corrected chi connectivity index (χ0v) is 12.0. The van der Waals surface area contributed by atoms with Gasteiger partial charge in [0.15, 0.2) is 5.78 Å². The zero-order valence-electron chi connectivity index (χ0n) is 11.2. The van der Waals surface area contributed by atoms with Crippen LogP contribution in [0, 0.1) is 5.92 Å². The summed E-state index contributed by atoms with van der Waals surface area (Å²) in [6, 6.07) is 5.36. The van der Waals surface area contributed by atoms with E-state index in [1.807, 2.05) is 6.07 Å². The molecule has 3 heteroatoms. The highest BCUT2D eigenvalue weighted by molar-refractivity contribution is 6.31. The lowest BCUT2D eigenvalue weighted by Gasteiger charge is -2.42. The molecular weight excluding hydrogens is 260 g/mol. The Balaban J connectivity index is 1.85. The second kappa shape index (κ2) is 4.82. The van der Waals surface area contributed by atoms with Crippen LogP contribution in [0.3, 0.4) is 0 Å². The predicted molar refractivity (Wildman–Crippen MR) is 76.0 cm³/mol. The third kappa shape index (κ3) is 2.38. The minimum absolute atomic E-state index is 0.179. The molecular formula is C16H19ClO2. The first kappa shape index (κ1) is 13.0. The van der Waals surface area contributed by atoms with Crippen molar-refractivity contribution in [2.45, 2.75) is 51.0 Å². The Kier molecular flexibility index (Phi) is 3.30. The van der Waals surface area contributed by atoms with Gasteiger partial charge in [0.05, 0.1) is 12.0 Å². The normalized spacial score (nSPS) is 30.0. The molecule has 0 saturated heterocycles. The molecule has 0 aromatic heterocycles. The summed E-state index contributed by atoms with van der Waals surface area (Å²) in [6.07, 6.45) is 6.09. The van der Waals surface area contributed by atoms with Crippen molar-refractivity contribution in [1.29, 1.82) is 0 Å². The lowest BCUT2D eigenvalue weighted by Crippen LogP contribution is -2.44. The zero-order chi connectivity index (χ0) is 13.5. The maximum Gasteiger partial charge on any atom is 0.170 e. The van der Waals surface area contributed by atoms with Gasteiger partial charge in [-0.05, 0) is 49.8 Å². The molecule has 1 spiro atoms. The maximum absolute atomic E-state index is 12.3. The molecule has 1 aromatic carbocycles. The van der Waals surface area contributed by atoms with Crippen LogP contribution in [-0.4, -0.2) is 11.4 Å². The number of halogens is 1. The summed E-state index contributed by atoms with van der Waals surface area (Å²) in [4.78, 5) is 12.3. The number of ether oxygens (including phenoxy) is 1. The van der Waals surface area contributed by atoms with Crippen LogP contribution in [0.2, 0.25) is 5.02 Å². The standard InChI is InChI=1S/C16H19ClO2/c1-2-11-5-7-16(8-6-11)10-14(18)13-9-12(17)3-4-15(13)19-16/h3-4,9,11H,2,5-8,10H2,1H3. The summed E-state index contributed by atoms with van der Waals surface area (Å²) in [5, 5.41) is 0.598. The van der Waals surface area contributed by atoms with E-state index in [4.69, 9.17) is 16.3 Å². The van der Waals surface area contributed by atoms with E-state index < -0.39 is 0 Å². The van der Waals surface area contributed by atoms with Gasteiger partial charge in [0, 0.05) is 5.02 Å². The van der Waals surface area contributed by atoms with Crippen LogP contribution >= 0.6 is 11.6 Å². The smallest absolute Gasteiger partial charge is 0.170 e. The van der Waals surface area contributed by atoms with Crippen molar-refractivity contribution >= 4 is 17.4 Å². The monoisotopic (exact) mass is 278 g/mol. The Morgan fingerprint density at radius 2 is 2.11 bits per heavy atom. The van der Waals surface area contributed by atoms with E-state index in [-0.39, 0.29) is 11.4 Å². The molecule has 1 heterocycles. The summed E-state index contributed by atoms with van der Waals surface area (Å²) in [7, 11) is 0. The van der Waals surface area contributed by atoms with Gasteiger partial charge in [0.25, 0.3) is 0 Å². The first-order chi connectivity index (χ1) is 9.12. The Bertz CT molecular complexity index is 501. The molecule has 1 aliphatic heterocycles. The van der Waals surface area contributed by atoms with Crippen molar-refractivity contribution in [2.24, 2.45) is 5.92 Å². The van der Waals surface area contributed by atoms with Crippen LogP contribution < -0.4 is 4.74 Å². The van der Waals surface area contributed by atoms with Crippen molar-refractivity contribution in [3.63, 3.8) is 0 Å². The number of hydrogen-bond acceptors (Lipinski definition) is 2. The molecule has 1 aliphatic carbocycles. The second-order valence-corrected chi connectivity index (χ2v) is 6.31. The number of carbonyl (C=O) groups is 1. The van der Waals surface area contributed by atoms with Gasteiger partial charge in [-0.2, -0.15) is 0 Å². The number of carbonyl (C=O) groups excluding carboxylic acids is 1. The fourth-order valence-electron chi connectivity index (χ4n) is 3.36. The third-order valence-corrected chi connectivity index (χ3v) is 4.88. The van der Waals surface area contributed by atoms with E-state index in [1.165, 1.54) is 19.3 Å². The van der Waals surface area contributed by atoms with Crippen LogP contribution in [0.5, 0.6) is 5.75 Å². The molecule has 0 bridgehead atoms. The molecule has 3 rings (SSSR count). The lowest BCUT2D eigenvalue weighted by molar-refractivity contribution is 0.00175. The molecule has 1 fully saturated rings. The molecule has 2 aliphatic rings. The molecule has 0 unspecified atom stereocenters. The second-order valence-electron chi connectivity index (χ2n) is 5.88. The number of benzene rings is 1. The highest BCUT2D eigenvalue weighted by Gasteiger charge is 2.42. The number of hydrogen-bond donors (Lipinski definition) is 0. The fraction of sp³-hybridized carbons (Fsp3) is 0.562. The molecule has 1 aromatic rings. The van der Waals surface area contributed by atoms with E-state index >= 15 is 0 Å². The first-order valence-electron chi connectivity index (χ1n) is 7.14. The Labute approximate surface area is 119 Å². The SMILES string of the molecule is CCC1CCC2(CC1)CC(=O)c1cc(Cl)ccc1O2. The van der Waals surface area contributed by atoms with E-state index in [9.17, 15) is 4.79 Å². The predicted octanol–water partition coefficient (Wildman–Crippen LogP) is 4.64. The van der Waals surface area contributed by atoms with Crippen LogP contribution in [0.4, 0.5) is 0 Å². The number of Topliss-reactive ketones (excluding diaryl/α,β-unsaturated/α-hetero) is 1. The van der Waals surface area contributed by atoms with Gasteiger partial charge in [-0.25, -0.2) is 0 Å². The largest absolute Gasteiger partial charge is 0.486 e. The summed E-state index contributed by atoms with van der Waals surface area (Å²) in [6.45, 7) is 2.24. The summed E-state index contributed by atoms with van der Waals surface area (Å²) >= 11 is 5.95. The molecule has 19 heavy (non-hydrogen) atoms. The molecule has 0 amide bonds. The van der Waals surface area contributed by atoms with Gasteiger partial charge in [-0.1, -0.05) is 24.9 Å². The van der Waals surface area contributed by atoms with Gasteiger partial charge in [0.2, 0.25) is 0 Å². The van der Waals surface area contributed by atoms with Crippen LogP contribution in [-0.2, 0) is 0 Å². The molecule has 102 valence electrons. The Morgan fingerprint density at radius 3 is 2.79 bits per heavy atom. The van der Waals surface area contributed by atoms with E-state index in [0.29, 0.717) is 17.0 Å². The van der Waals surface area contributed by atoms with Crippen molar-refractivity contribution in [3.8, 4) is 5.75 Å². The molecule has 0 radical (unpaired) electrons. The fourth-order valence-corrected chi connectivity index (χ4v) is 3.53. The van der Waals surface area contributed by atoms with Gasteiger partial charge < -0.3 is 4.74 Å². The highest BCUT2D eigenvalue weighted by atomic mass is 35.5. The lowest BCUT2D eigenvalue weighted by atomic mass is 9.74. The summed E-state index contributed by atoms with van der Waals surface area (Å²) in [5.41, 5.74) is 0.402. The van der Waals surface area contributed by atoms with Gasteiger partial charge in [-0.15, -0.1) is 0 Å². The topological polar surface area (TPSA) is 26.3 Å². The minimum atomic E-state index is -0.246. The van der Waals surface area contributed by atoms with Crippen molar-refractivity contribution in [1.82, 2.24) is 0 Å². The summed E-state index contributed by atoms with van der Waals surface area (Å²) < 4.78 is 6.20. The van der Waals surface area contributed by atoms with Crippen molar-refractivity contribution < 1.29 is 9.53 Å². The summed E-state index contributed by atoms with van der Waals surface area (Å²) in [5.74, 6) is 1.70. The number of ketones is 1. The van der Waals surface area contributed by atoms with Crippen molar-refractivity contribution in [3.05, 3.63) is 28.8 Å². The van der Waals surface area contributed by atoms with Gasteiger partial charge in [0.1, 0.15) is 11.4 Å².